The predicted octanol–water partition coefficient (Wildman–Crippen LogP) is 4.22. The average molecular weight is 262 g/mol. The summed E-state index contributed by atoms with van der Waals surface area (Å²) in [5.74, 6) is 2.17. The molecule has 3 heteroatoms. The van der Waals surface area contributed by atoms with E-state index in [0.717, 1.165) is 18.6 Å². The van der Waals surface area contributed by atoms with Crippen LogP contribution in [-0.2, 0) is 10.8 Å². The Hall–Kier alpha value is -1.22. The summed E-state index contributed by atoms with van der Waals surface area (Å²) < 4.78 is 11.6. The van der Waals surface area contributed by atoms with Crippen molar-refractivity contribution in [1.29, 1.82) is 0 Å². The van der Waals surface area contributed by atoms with Gasteiger partial charge in [0.15, 0.2) is 0 Å². The molecule has 0 heterocycles. The molecule has 0 saturated carbocycles. The minimum atomic E-state index is -1.52. The van der Waals surface area contributed by atoms with Gasteiger partial charge in [-0.15, -0.1) is 0 Å². The molecule has 0 unspecified atom stereocenters. The summed E-state index contributed by atoms with van der Waals surface area (Å²) in [5.41, 5.74) is 3.88. The third-order valence-corrected chi connectivity index (χ3v) is 4.07. The molecule has 98 valence electrons. The Morgan fingerprint density at radius 1 is 1.11 bits per heavy atom. The smallest absolute Gasteiger partial charge is 0.241 e. The van der Waals surface area contributed by atoms with E-state index in [1.807, 2.05) is 6.07 Å². The van der Waals surface area contributed by atoms with Crippen LogP contribution in [0, 0.1) is 0 Å². The van der Waals surface area contributed by atoms with E-state index in [1.54, 1.807) is 7.11 Å². The van der Waals surface area contributed by atoms with Gasteiger partial charge >= 0.3 is 0 Å². The SMILES string of the molecule is COc1cccc2c1CCC(O[Si](C)(C)C)=C2C. The van der Waals surface area contributed by atoms with Crippen molar-refractivity contribution in [3.8, 4) is 5.75 Å². The van der Waals surface area contributed by atoms with Crippen molar-refractivity contribution < 1.29 is 9.16 Å². The fourth-order valence-corrected chi connectivity index (χ4v) is 3.43. The van der Waals surface area contributed by atoms with Crippen LogP contribution in [0.3, 0.4) is 0 Å². The Morgan fingerprint density at radius 2 is 1.83 bits per heavy atom. The molecule has 1 aromatic rings. The topological polar surface area (TPSA) is 18.5 Å². The quantitative estimate of drug-likeness (QED) is 0.759. The third-order valence-electron chi connectivity index (χ3n) is 3.21. The summed E-state index contributed by atoms with van der Waals surface area (Å²) in [4.78, 5) is 0. The van der Waals surface area contributed by atoms with Gasteiger partial charge in [-0.2, -0.15) is 0 Å². The molecule has 0 amide bonds. The Balaban J connectivity index is 2.42. The standard InChI is InChI=1S/C15H22O2Si/c1-11-12-7-6-8-15(16-2)13(12)9-10-14(11)17-18(3,4)5/h6-8H,9-10H2,1-5H3. The first-order valence-corrected chi connectivity index (χ1v) is 9.88. The fourth-order valence-electron chi connectivity index (χ4n) is 2.44. The van der Waals surface area contributed by atoms with Crippen LogP contribution in [0.2, 0.25) is 19.6 Å². The first-order valence-electron chi connectivity index (χ1n) is 6.47. The highest BCUT2D eigenvalue weighted by Gasteiger charge is 2.24. The molecule has 1 aliphatic carbocycles. The molecule has 0 N–H and O–H groups in total. The number of benzene rings is 1. The maximum absolute atomic E-state index is 6.20. The molecule has 1 aliphatic rings. The minimum absolute atomic E-state index is 0.990. The first-order chi connectivity index (χ1) is 8.42. The van der Waals surface area contributed by atoms with Gasteiger partial charge in [0.25, 0.3) is 0 Å². The van der Waals surface area contributed by atoms with E-state index in [4.69, 9.17) is 9.16 Å². The summed E-state index contributed by atoms with van der Waals surface area (Å²) in [6.45, 7) is 8.85. The van der Waals surface area contributed by atoms with Gasteiger partial charge in [-0.1, -0.05) is 12.1 Å². The van der Waals surface area contributed by atoms with E-state index in [2.05, 4.69) is 38.7 Å². The zero-order chi connectivity index (χ0) is 13.3. The van der Waals surface area contributed by atoms with Crippen molar-refractivity contribution in [2.45, 2.75) is 39.4 Å². The van der Waals surface area contributed by atoms with Crippen LogP contribution in [-0.4, -0.2) is 15.4 Å². The van der Waals surface area contributed by atoms with Crippen molar-refractivity contribution in [3.63, 3.8) is 0 Å². The number of allylic oxidation sites excluding steroid dienone is 2. The molecule has 18 heavy (non-hydrogen) atoms. The normalized spacial score (nSPS) is 15.4. The Labute approximate surface area is 111 Å². The number of hydrogen-bond donors (Lipinski definition) is 0. The van der Waals surface area contributed by atoms with Gasteiger partial charge in [0, 0.05) is 12.0 Å². The molecular formula is C15H22O2Si. The Morgan fingerprint density at radius 3 is 2.44 bits per heavy atom. The minimum Gasteiger partial charge on any atom is -0.547 e. The van der Waals surface area contributed by atoms with Crippen LogP contribution < -0.4 is 4.74 Å². The highest BCUT2D eigenvalue weighted by Crippen LogP contribution is 2.37. The number of hydrogen-bond acceptors (Lipinski definition) is 2. The van der Waals surface area contributed by atoms with Gasteiger partial charge in [-0.25, -0.2) is 0 Å². The van der Waals surface area contributed by atoms with E-state index < -0.39 is 8.32 Å². The van der Waals surface area contributed by atoms with E-state index in [9.17, 15) is 0 Å². The van der Waals surface area contributed by atoms with E-state index in [1.165, 1.54) is 22.5 Å². The predicted molar refractivity (Wildman–Crippen MR) is 78.3 cm³/mol. The number of methoxy groups -OCH3 is 1. The molecule has 0 fully saturated rings. The second kappa shape index (κ2) is 4.80. The van der Waals surface area contributed by atoms with E-state index in [0.29, 0.717) is 0 Å². The summed E-state index contributed by atoms with van der Waals surface area (Å²) in [6, 6.07) is 6.26. The maximum Gasteiger partial charge on any atom is 0.241 e. The fraction of sp³-hybridized carbons (Fsp3) is 0.467. The molecule has 0 bridgehead atoms. The van der Waals surface area contributed by atoms with Gasteiger partial charge in [0.2, 0.25) is 8.32 Å². The van der Waals surface area contributed by atoms with Gasteiger partial charge in [0.1, 0.15) is 5.75 Å². The van der Waals surface area contributed by atoms with E-state index >= 15 is 0 Å². The summed E-state index contributed by atoms with van der Waals surface area (Å²) in [6.07, 6.45) is 2.00. The van der Waals surface area contributed by atoms with Crippen LogP contribution in [0.1, 0.15) is 24.5 Å². The third kappa shape index (κ3) is 2.61. The average Bonchev–Trinajstić information content (AvgIpc) is 2.30. The summed E-state index contributed by atoms with van der Waals surface area (Å²) >= 11 is 0. The molecule has 2 nitrogen and oxygen atoms in total. The van der Waals surface area contributed by atoms with Crippen LogP contribution in [0.5, 0.6) is 5.75 Å². The maximum atomic E-state index is 6.20. The van der Waals surface area contributed by atoms with Crippen LogP contribution in [0.15, 0.2) is 24.0 Å². The number of rotatable bonds is 3. The highest BCUT2D eigenvalue weighted by atomic mass is 28.4. The van der Waals surface area contributed by atoms with Crippen LogP contribution in [0.25, 0.3) is 5.57 Å². The zero-order valence-electron chi connectivity index (χ0n) is 12.0. The molecule has 0 spiro atoms. The first kappa shape index (κ1) is 13.2. The van der Waals surface area contributed by atoms with Crippen molar-refractivity contribution >= 4 is 13.9 Å². The molecule has 0 aliphatic heterocycles. The number of fused-ring (bicyclic) bond motifs is 1. The largest absolute Gasteiger partial charge is 0.547 e. The summed E-state index contributed by atoms with van der Waals surface area (Å²) in [7, 11) is 0.220. The van der Waals surface area contributed by atoms with Crippen molar-refractivity contribution in [2.75, 3.05) is 7.11 Å². The second-order valence-electron chi connectivity index (χ2n) is 5.75. The van der Waals surface area contributed by atoms with Gasteiger partial charge in [0.05, 0.1) is 12.9 Å². The zero-order valence-corrected chi connectivity index (χ0v) is 13.0. The Kier molecular flexibility index (Phi) is 3.53. The lowest BCUT2D eigenvalue weighted by molar-refractivity contribution is 0.389. The molecule has 1 aromatic carbocycles. The van der Waals surface area contributed by atoms with Crippen molar-refractivity contribution in [2.24, 2.45) is 0 Å². The molecule has 0 aromatic heterocycles. The van der Waals surface area contributed by atoms with Crippen LogP contribution >= 0.6 is 0 Å². The molecular weight excluding hydrogens is 240 g/mol. The summed E-state index contributed by atoms with van der Waals surface area (Å²) in [5, 5.41) is 0. The van der Waals surface area contributed by atoms with Gasteiger partial charge in [-0.05, 0) is 50.2 Å². The van der Waals surface area contributed by atoms with Gasteiger partial charge < -0.3 is 9.16 Å². The van der Waals surface area contributed by atoms with Crippen molar-refractivity contribution in [1.82, 2.24) is 0 Å². The Bertz CT molecular complexity index is 484. The lowest BCUT2D eigenvalue weighted by Crippen LogP contribution is -2.26. The monoisotopic (exact) mass is 262 g/mol. The number of ether oxygens (including phenoxy) is 1. The molecule has 0 radical (unpaired) electrons. The molecule has 0 atom stereocenters. The molecule has 0 saturated heterocycles. The van der Waals surface area contributed by atoms with Crippen LogP contribution in [0.4, 0.5) is 0 Å². The lowest BCUT2D eigenvalue weighted by Gasteiger charge is -2.28. The lowest BCUT2D eigenvalue weighted by atomic mass is 9.90. The van der Waals surface area contributed by atoms with Crippen molar-refractivity contribution in [3.05, 3.63) is 35.1 Å². The van der Waals surface area contributed by atoms with Gasteiger partial charge in [-0.3, -0.25) is 0 Å². The molecule has 2 rings (SSSR count). The second-order valence-corrected chi connectivity index (χ2v) is 10.2. The highest BCUT2D eigenvalue weighted by molar-refractivity contribution is 6.70. The van der Waals surface area contributed by atoms with E-state index in [-0.39, 0.29) is 0 Å².